The minimum absolute atomic E-state index is 0.147. The van der Waals surface area contributed by atoms with Crippen LogP contribution >= 0.6 is 0 Å². The van der Waals surface area contributed by atoms with Gasteiger partial charge in [0.05, 0.1) is 0 Å². The van der Waals surface area contributed by atoms with Crippen LogP contribution in [0.15, 0.2) is 11.6 Å². The quantitative estimate of drug-likeness (QED) is 0.306. The lowest BCUT2D eigenvalue weighted by Gasteiger charge is -2.27. The highest BCUT2D eigenvalue weighted by Gasteiger charge is 2.39. The molecule has 0 unspecified atom stereocenters. The van der Waals surface area contributed by atoms with Crippen LogP contribution in [0.25, 0.3) is 0 Å². The van der Waals surface area contributed by atoms with E-state index in [0.29, 0.717) is 5.57 Å². The molecule has 4 heteroatoms. The van der Waals surface area contributed by atoms with Crippen molar-refractivity contribution in [1.82, 2.24) is 10.7 Å². The summed E-state index contributed by atoms with van der Waals surface area (Å²) in [7, 11) is 0. The minimum Gasteiger partial charge on any atom is -0.299 e. The normalized spacial score (nSPS) is 23.9. The zero-order chi connectivity index (χ0) is 10.3. The Morgan fingerprint density at radius 1 is 1.46 bits per heavy atom. The van der Waals surface area contributed by atoms with E-state index < -0.39 is 0 Å². The number of nitrogens with two attached hydrogens (primary N) is 1. The summed E-state index contributed by atoms with van der Waals surface area (Å²) < 4.78 is 0. The Morgan fingerprint density at radius 3 is 2.31 bits per heavy atom. The van der Waals surface area contributed by atoms with Gasteiger partial charge in [0.25, 0.3) is 5.91 Å². The van der Waals surface area contributed by atoms with E-state index in [0.717, 1.165) is 0 Å². The molecule has 0 atom stereocenters. The number of nitrogens with one attached hydrogen (secondary N) is 2. The Kier molecular flexibility index (Phi) is 2.21. The molecule has 0 spiro atoms. The van der Waals surface area contributed by atoms with Gasteiger partial charge < -0.3 is 0 Å². The summed E-state index contributed by atoms with van der Waals surface area (Å²) in [5.74, 6) is 4.87. The van der Waals surface area contributed by atoms with Gasteiger partial charge >= 0.3 is 0 Å². The van der Waals surface area contributed by atoms with Crippen molar-refractivity contribution in [3.63, 3.8) is 0 Å². The third-order valence-corrected chi connectivity index (χ3v) is 2.19. The lowest BCUT2D eigenvalue weighted by atomic mass is 9.96. The standard InChI is InChI=1S/C9H17N3O/c1-8(2)5-6(7(13)11-10)9(3,4)12-8/h5,12H,10H2,1-4H3,(H,11,13). The molecule has 1 aliphatic rings. The Bertz CT molecular complexity index is 266. The van der Waals surface area contributed by atoms with Crippen LogP contribution < -0.4 is 16.6 Å². The maximum Gasteiger partial charge on any atom is 0.262 e. The highest BCUT2D eigenvalue weighted by Crippen LogP contribution is 2.29. The molecular formula is C9H17N3O. The zero-order valence-electron chi connectivity index (χ0n) is 8.56. The zero-order valence-corrected chi connectivity index (χ0v) is 8.56. The fourth-order valence-corrected chi connectivity index (χ4v) is 1.88. The van der Waals surface area contributed by atoms with Crippen LogP contribution in [0.5, 0.6) is 0 Å². The second kappa shape index (κ2) is 2.82. The number of carbonyl (C=O) groups excluding carboxylic acids is 1. The maximum atomic E-state index is 11.4. The lowest BCUT2D eigenvalue weighted by molar-refractivity contribution is -0.118. The molecule has 13 heavy (non-hydrogen) atoms. The molecule has 1 rings (SSSR count). The molecule has 0 aromatic carbocycles. The highest BCUT2D eigenvalue weighted by atomic mass is 16.2. The molecule has 0 saturated carbocycles. The Hall–Kier alpha value is -0.870. The molecule has 1 amide bonds. The highest BCUT2D eigenvalue weighted by molar-refractivity contribution is 5.96. The first kappa shape index (κ1) is 10.2. The Morgan fingerprint density at radius 2 is 2.00 bits per heavy atom. The van der Waals surface area contributed by atoms with Crippen molar-refractivity contribution in [1.29, 1.82) is 0 Å². The van der Waals surface area contributed by atoms with Gasteiger partial charge in [-0.15, -0.1) is 0 Å². The van der Waals surface area contributed by atoms with Gasteiger partial charge in [-0.05, 0) is 27.7 Å². The first-order valence-electron chi connectivity index (χ1n) is 4.32. The van der Waals surface area contributed by atoms with Crippen molar-refractivity contribution in [3.05, 3.63) is 11.6 Å². The van der Waals surface area contributed by atoms with E-state index in [4.69, 9.17) is 5.84 Å². The second-order valence-electron chi connectivity index (χ2n) is 4.50. The van der Waals surface area contributed by atoms with Crippen LogP contribution in [0.2, 0.25) is 0 Å². The average Bonchev–Trinajstić information content (AvgIpc) is 2.17. The van der Waals surface area contributed by atoms with Gasteiger partial charge in [-0.1, -0.05) is 6.08 Å². The fourth-order valence-electron chi connectivity index (χ4n) is 1.88. The topological polar surface area (TPSA) is 67.2 Å². The number of amides is 1. The SMILES string of the molecule is CC1(C)C=C(C(=O)NN)C(C)(C)N1. The summed E-state index contributed by atoms with van der Waals surface area (Å²) in [6.45, 7) is 7.96. The predicted octanol–water partition coefficient (Wildman–Crippen LogP) is 0.0631. The first-order valence-corrected chi connectivity index (χ1v) is 4.32. The van der Waals surface area contributed by atoms with Crippen LogP contribution in [-0.2, 0) is 4.79 Å². The summed E-state index contributed by atoms with van der Waals surface area (Å²) in [6, 6.07) is 0. The van der Waals surface area contributed by atoms with Crippen LogP contribution in [0.4, 0.5) is 0 Å². The molecule has 0 saturated heterocycles. The lowest BCUT2D eigenvalue weighted by Crippen LogP contribution is -2.48. The van der Waals surface area contributed by atoms with Crippen LogP contribution in [-0.4, -0.2) is 17.0 Å². The molecule has 4 N–H and O–H groups in total. The summed E-state index contributed by atoms with van der Waals surface area (Å²) >= 11 is 0. The average molecular weight is 183 g/mol. The molecule has 0 fully saturated rings. The number of rotatable bonds is 1. The van der Waals surface area contributed by atoms with Crippen LogP contribution in [0.3, 0.4) is 0 Å². The molecule has 1 aliphatic heterocycles. The first-order chi connectivity index (χ1) is 5.78. The molecule has 0 bridgehead atoms. The number of hydrazine groups is 1. The maximum absolute atomic E-state index is 11.4. The van der Waals surface area contributed by atoms with Crippen molar-refractivity contribution in [2.75, 3.05) is 0 Å². The minimum atomic E-state index is -0.313. The molecule has 0 aliphatic carbocycles. The van der Waals surface area contributed by atoms with Gasteiger partial charge in [-0.25, -0.2) is 5.84 Å². The monoisotopic (exact) mass is 183 g/mol. The van der Waals surface area contributed by atoms with Crippen molar-refractivity contribution in [2.45, 2.75) is 38.8 Å². The molecular weight excluding hydrogens is 166 g/mol. The summed E-state index contributed by atoms with van der Waals surface area (Å²) in [4.78, 5) is 11.4. The van der Waals surface area contributed by atoms with Gasteiger partial charge in [-0.3, -0.25) is 15.5 Å². The fraction of sp³-hybridized carbons (Fsp3) is 0.667. The van der Waals surface area contributed by atoms with Gasteiger partial charge in [0.15, 0.2) is 0 Å². The Labute approximate surface area is 78.5 Å². The van der Waals surface area contributed by atoms with E-state index in [1.807, 2.05) is 33.8 Å². The van der Waals surface area contributed by atoms with E-state index in [-0.39, 0.29) is 17.0 Å². The van der Waals surface area contributed by atoms with E-state index in [1.54, 1.807) is 0 Å². The smallest absolute Gasteiger partial charge is 0.262 e. The molecule has 0 aromatic rings. The molecule has 0 aromatic heterocycles. The van der Waals surface area contributed by atoms with E-state index in [9.17, 15) is 4.79 Å². The molecule has 74 valence electrons. The molecule has 4 nitrogen and oxygen atoms in total. The Balaban J connectivity index is 3.00. The number of hydrogen-bond acceptors (Lipinski definition) is 3. The second-order valence-corrected chi connectivity index (χ2v) is 4.50. The van der Waals surface area contributed by atoms with Crippen molar-refractivity contribution in [2.24, 2.45) is 5.84 Å². The van der Waals surface area contributed by atoms with Crippen molar-refractivity contribution in [3.8, 4) is 0 Å². The number of hydrogen-bond donors (Lipinski definition) is 3. The van der Waals surface area contributed by atoms with Gasteiger partial charge in [0, 0.05) is 16.7 Å². The van der Waals surface area contributed by atoms with Gasteiger partial charge in [0.1, 0.15) is 0 Å². The van der Waals surface area contributed by atoms with Crippen molar-refractivity contribution < 1.29 is 4.79 Å². The molecule has 0 radical (unpaired) electrons. The van der Waals surface area contributed by atoms with E-state index in [1.165, 1.54) is 0 Å². The summed E-state index contributed by atoms with van der Waals surface area (Å²) in [5, 5.41) is 3.33. The number of carbonyl (C=O) groups is 1. The third kappa shape index (κ3) is 1.89. The van der Waals surface area contributed by atoms with Crippen molar-refractivity contribution >= 4 is 5.91 Å². The van der Waals surface area contributed by atoms with Crippen LogP contribution in [0.1, 0.15) is 27.7 Å². The van der Waals surface area contributed by atoms with Crippen LogP contribution in [0, 0.1) is 0 Å². The molecule has 1 heterocycles. The third-order valence-electron chi connectivity index (χ3n) is 2.19. The largest absolute Gasteiger partial charge is 0.299 e. The predicted molar refractivity (Wildman–Crippen MR) is 51.7 cm³/mol. The van der Waals surface area contributed by atoms with E-state index >= 15 is 0 Å². The van der Waals surface area contributed by atoms with E-state index in [2.05, 4.69) is 10.7 Å². The summed E-state index contributed by atoms with van der Waals surface area (Å²) in [5.41, 5.74) is 2.39. The van der Waals surface area contributed by atoms with Gasteiger partial charge in [0.2, 0.25) is 0 Å². The van der Waals surface area contributed by atoms with Gasteiger partial charge in [-0.2, -0.15) is 0 Å². The summed E-state index contributed by atoms with van der Waals surface area (Å²) in [6.07, 6.45) is 1.91.